The van der Waals surface area contributed by atoms with Crippen LogP contribution in [-0.2, 0) is 6.54 Å². The van der Waals surface area contributed by atoms with Gasteiger partial charge in [-0.2, -0.15) is 0 Å². The number of amides is 1. The van der Waals surface area contributed by atoms with Crippen LogP contribution in [0.25, 0.3) is 0 Å². The highest BCUT2D eigenvalue weighted by Gasteiger charge is 2.16. The third-order valence-corrected chi connectivity index (χ3v) is 3.38. The molecule has 0 atom stereocenters. The molecule has 0 aromatic heterocycles. The Morgan fingerprint density at radius 3 is 2.62 bits per heavy atom. The number of ether oxygens (including phenoxy) is 1. The molecule has 0 aliphatic rings. The van der Waals surface area contributed by atoms with Crippen molar-refractivity contribution in [2.45, 2.75) is 13.5 Å². The number of hydrogen-bond acceptors (Lipinski definition) is 3. The van der Waals surface area contributed by atoms with Crippen molar-refractivity contribution >= 4 is 11.6 Å². The number of methoxy groups -OCH3 is 1. The Balaban J connectivity index is 2.22. The molecular weight excluding hydrogens is 264 g/mol. The summed E-state index contributed by atoms with van der Waals surface area (Å²) in [7, 11) is 3.39. The first-order chi connectivity index (χ1) is 10.0. The van der Waals surface area contributed by atoms with E-state index in [4.69, 9.17) is 10.5 Å². The van der Waals surface area contributed by atoms with E-state index in [1.807, 2.05) is 37.3 Å². The lowest BCUT2D eigenvalue weighted by atomic mass is 10.1. The number of anilines is 1. The van der Waals surface area contributed by atoms with E-state index in [-0.39, 0.29) is 5.91 Å². The monoisotopic (exact) mass is 284 g/mol. The summed E-state index contributed by atoms with van der Waals surface area (Å²) in [6.07, 6.45) is 0. The van der Waals surface area contributed by atoms with E-state index in [2.05, 4.69) is 0 Å². The average Bonchev–Trinajstić information content (AvgIpc) is 2.47. The molecule has 4 nitrogen and oxygen atoms in total. The van der Waals surface area contributed by atoms with Gasteiger partial charge in [-0.05, 0) is 25.1 Å². The molecule has 0 saturated heterocycles. The van der Waals surface area contributed by atoms with Gasteiger partial charge >= 0.3 is 0 Å². The highest BCUT2D eigenvalue weighted by molar-refractivity contribution is 5.98. The molecule has 0 fully saturated rings. The van der Waals surface area contributed by atoms with Gasteiger partial charge in [0.15, 0.2) is 0 Å². The molecule has 4 heteroatoms. The fraction of sp³-hybridized carbons (Fsp3) is 0.235. The molecule has 110 valence electrons. The largest absolute Gasteiger partial charge is 0.496 e. The zero-order valence-electron chi connectivity index (χ0n) is 12.6. The van der Waals surface area contributed by atoms with Gasteiger partial charge in [0.2, 0.25) is 0 Å². The van der Waals surface area contributed by atoms with Crippen molar-refractivity contribution in [2.24, 2.45) is 0 Å². The van der Waals surface area contributed by atoms with Crippen molar-refractivity contribution in [3.05, 3.63) is 59.2 Å². The van der Waals surface area contributed by atoms with E-state index in [1.165, 1.54) is 0 Å². The van der Waals surface area contributed by atoms with Crippen molar-refractivity contribution < 1.29 is 9.53 Å². The second-order valence-electron chi connectivity index (χ2n) is 5.06. The van der Waals surface area contributed by atoms with E-state index < -0.39 is 0 Å². The molecule has 0 aliphatic carbocycles. The minimum absolute atomic E-state index is 0.100. The van der Waals surface area contributed by atoms with E-state index >= 15 is 0 Å². The minimum Gasteiger partial charge on any atom is -0.496 e. The lowest BCUT2D eigenvalue weighted by Gasteiger charge is -2.20. The second kappa shape index (κ2) is 6.31. The number of rotatable bonds is 4. The summed E-state index contributed by atoms with van der Waals surface area (Å²) in [4.78, 5) is 14.1. The number of carbonyl (C=O) groups is 1. The Kier molecular flexibility index (Phi) is 4.48. The first-order valence-electron chi connectivity index (χ1n) is 6.76. The molecule has 0 heterocycles. The molecule has 2 aromatic rings. The number of nitrogen functional groups attached to an aromatic ring is 1. The Morgan fingerprint density at radius 1 is 1.24 bits per heavy atom. The fourth-order valence-corrected chi connectivity index (χ4v) is 2.26. The molecule has 0 unspecified atom stereocenters. The molecule has 0 bridgehead atoms. The molecule has 0 saturated carbocycles. The Bertz CT molecular complexity index is 653. The van der Waals surface area contributed by atoms with Crippen LogP contribution in [0.1, 0.15) is 21.5 Å². The van der Waals surface area contributed by atoms with Gasteiger partial charge < -0.3 is 15.4 Å². The Morgan fingerprint density at radius 2 is 1.95 bits per heavy atom. The molecule has 2 N–H and O–H groups in total. The van der Waals surface area contributed by atoms with E-state index in [9.17, 15) is 4.79 Å². The summed E-state index contributed by atoms with van der Waals surface area (Å²) >= 11 is 0. The van der Waals surface area contributed by atoms with E-state index in [0.29, 0.717) is 17.8 Å². The van der Waals surface area contributed by atoms with Crippen LogP contribution in [0.15, 0.2) is 42.5 Å². The molecule has 1 amide bonds. The van der Waals surface area contributed by atoms with Crippen molar-refractivity contribution in [1.82, 2.24) is 4.90 Å². The number of nitrogens with two attached hydrogens (primary N) is 1. The Labute approximate surface area is 125 Å². The first kappa shape index (κ1) is 14.9. The van der Waals surface area contributed by atoms with Gasteiger partial charge in [-0.15, -0.1) is 0 Å². The van der Waals surface area contributed by atoms with Crippen molar-refractivity contribution in [3.8, 4) is 5.75 Å². The van der Waals surface area contributed by atoms with Gasteiger partial charge in [0.05, 0.1) is 12.7 Å². The molecule has 2 aromatic carbocycles. The van der Waals surface area contributed by atoms with Gasteiger partial charge in [0, 0.05) is 24.8 Å². The lowest BCUT2D eigenvalue weighted by Crippen LogP contribution is -2.27. The summed E-state index contributed by atoms with van der Waals surface area (Å²) in [6, 6.07) is 13.0. The number of carbonyl (C=O) groups excluding carboxylic acids is 1. The number of para-hydroxylation sites is 1. The maximum Gasteiger partial charge on any atom is 0.255 e. The number of nitrogens with zero attached hydrogens (tertiary/aromatic N) is 1. The smallest absolute Gasteiger partial charge is 0.255 e. The van der Waals surface area contributed by atoms with Crippen molar-refractivity contribution in [2.75, 3.05) is 19.9 Å². The molecular formula is C17H20N2O2. The maximum atomic E-state index is 12.5. The minimum atomic E-state index is -0.100. The molecule has 2 rings (SSSR count). The topological polar surface area (TPSA) is 55.6 Å². The van der Waals surface area contributed by atoms with Gasteiger partial charge in [-0.25, -0.2) is 0 Å². The van der Waals surface area contributed by atoms with Gasteiger partial charge in [-0.3, -0.25) is 4.79 Å². The standard InChI is InChI=1S/C17H20N2O2/c1-12-8-9-16(21-3)13(10-12)11-19(2)17(20)14-6-4-5-7-15(14)18/h4-10H,11,18H2,1-3H3. The zero-order valence-corrected chi connectivity index (χ0v) is 12.6. The summed E-state index contributed by atoms with van der Waals surface area (Å²) in [5, 5.41) is 0. The summed E-state index contributed by atoms with van der Waals surface area (Å²) in [5.74, 6) is 0.679. The van der Waals surface area contributed by atoms with Gasteiger partial charge in [0.1, 0.15) is 5.75 Å². The molecule has 0 radical (unpaired) electrons. The van der Waals surface area contributed by atoms with Gasteiger partial charge in [-0.1, -0.05) is 29.8 Å². The number of hydrogen-bond donors (Lipinski definition) is 1. The highest BCUT2D eigenvalue weighted by atomic mass is 16.5. The number of benzene rings is 2. The van der Waals surface area contributed by atoms with Crippen LogP contribution >= 0.6 is 0 Å². The van der Waals surface area contributed by atoms with Crippen LogP contribution in [0.5, 0.6) is 5.75 Å². The normalized spacial score (nSPS) is 10.2. The van der Waals surface area contributed by atoms with E-state index in [1.54, 1.807) is 31.2 Å². The molecule has 21 heavy (non-hydrogen) atoms. The van der Waals surface area contributed by atoms with Crippen LogP contribution in [0, 0.1) is 6.92 Å². The average molecular weight is 284 g/mol. The van der Waals surface area contributed by atoms with Crippen LogP contribution in [-0.4, -0.2) is 25.0 Å². The van der Waals surface area contributed by atoms with Crippen LogP contribution in [0.2, 0.25) is 0 Å². The van der Waals surface area contributed by atoms with Gasteiger partial charge in [0.25, 0.3) is 5.91 Å². The predicted molar refractivity (Wildman–Crippen MR) is 84.4 cm³/mol. The van der Waals surface area contributed by atoms with Crippen LogP contribution < -0.4 is 10.5 Å². The molecule has 0 spiro atoms. The zero-order chi connectivity index (χ0) is 15.4. The van der Waals surface area contributed by atoms with Crippen molar-refractivity contribution in [3.63, 3.8) is 0 Å². The SMILES string of the molecule is COc1ccc(C)cc1CN(C)C(=O)c1ccccc1N. The quantitative estimate of drug-likeness (QED) is 0.878. The highest BCUT2D eigenvalue weighted by Crippen LogP contribution is 2.22. The lowest BCUT2D eigenvalue weighted by molar-refractivity contribution is 0.0785. The summed E-state index contributed by atoms with van der Waals surface area (Å²) < 4.78 is 5.35. The Hall–Kier alpha value is -2.49. The second-order valence-corrected chi connectivity index (χ2v) is 5.06. The van der Waals surface area contributed by atoms with Crippen LogP contribution in [0.4, 0.5) is 5.69 Å². The summed E-state index contributed by atoms with van der Waals surface area (Å²) in [6.45, 7) is 2.48. The third kappa shape index (κ3) is 3.34. The van der Waals surface area contributed by atoms with Crippen molar-refractivity contribution in [1.29, 1.82) is 0 Å². The van der Waals surface area contributed by atoms with Crippen LogP contribution in [0.3, 0.4) is 0 Å². The molecule has 0 aliphatic heterocycles. The maximum absolute atomic E-state index is 12.5. The summed E-state index contributed by atoms with van der Waals surface area (Å²) in [5.41, 5.74) is 8.98. The number of aryl methyl sites for hydroxylation is 1. The first-order valence-corrected chi connectivity index (χ1v) is 6.76. The third-order valence-electron chi connectivity index (χ3n) is 3.38. The van der Waals surface area contributed by atoms with E-state index in [0.717, 1.165) is 16.9 Å². The fourth-order valence-electron chi connectivity index (χ4n) is 2.26. The predicted octanol–water partition coefficient (Wildman–Crippen LogP) is 2.86.